The number of benzene rings is 1. The van der Waals surface area contributed by atoms with Crippen LogP contribution in [-0.4, -0.2) is 86.2 Å². The average molecular weight is 408 g/mol. The lowest BCUT2D eigenvalue weighted by Gasteiger charge is -2.43. The lowest BCUT2D eigenvalue weighted by atomic mass is 9.93. The van der Waals surface area contributed by atoms with E-state index in [1.54, 1.807) is 4.90 Å². The maximum atomic E-state index is 12.8. The quantitative estimate of drug-likeness (QED) is 0.721. The number of nitrogens with zero attached hydrogens (tertiary/aromatic N) is 3. The molecule has 8 heteroatoms. The first kappa shape index (κ1) is 19.8. The van der Waals surface area contributed by atoms with Gasteiger partial charge in [-0.2, -0.15) is 4.31 Å². The summed E-state index contributed by atoms with van der Waals surface area (Å²) < 4.78 is 32.1. The van der Waals surface area contributed by atoms with Crippen molar-refractivity contribution >= 4 is 15.9 Å². The first-order chi connectivity index (χ1) is 13.5. The van der Waals surface area contributed by atoms with E-state index in [0.717, 1.165) is 32.5 Å². The lowest BCUT2D eigenvalue weighted by Crippen LogP contribution is -2.62. The second-order valence-electron chi connectivity index (χ2n) is 7.96. The van der Waals surface area contributed by atoms with E-state index in [1.165, 1.54) is 9.87 Å². The predicted molar refractivity (Wildman–Crippen MR) is 106 cm³/mol. The van der Waals surface area contributed by atoms with Crippen LogP contribution in [0.4, 0.5) is 0 Å². The number of morpholine rings is 1. The number of hydrogen-bond acceptors (Lipinski definition) is 5. The number of ether oxygens (including phenoxy) is 1. The van der Waals surface area contributed by atoms with E-state index >= 15 is 0 Å². The summed E-state index contributed by atoms with van der Waals surface area (Å²) in [5.41, 5.74) is 1.30. The first-order valence-electron chi connectivity index (χ1n) is 10.2. The van der Waals surface area contributed by atoms with E-state index in [9.17, 15) is 13.2 Å². The van der Waals surface area contributed by atoms with Crippen LogP contribution >= 0.6 is 0 Å². The summed E-state index contributed by atoms with van der Waals surface area (Å²) in [6.07, 6.45) is 1.70. The van der Waals surface area contributed by atoms with Crippen molar-refractivity contribution < 1.29 is 17.9 Å². The number of sulfonamides is 1. The molecule has 28 heavy (non-hydrogen) atoms. The molecule has 1 aromatic rings. The van der Waals surface area contributed by atoms with Gasteiger partial charge in [0, 0.05) is 38.6 Å². The summed E-state index contributed by atoms with van der Waals surface area (Å²) in [4.78, 5) is 16.9. The van der Waals surface area contributed by atoms with Gasteiger partial charge in [-0.15, -0.1) is 0 Å². The molecule has 0 saturated carbocycles. The van der Waals surface area contributed by atoms with Crippen LogP contribution in [-0.2, 0) is 26.1 Å². The van der Waals surface area contributed by atoms with Gasteiger partial charge in [-0.25, -0.2) is 8.42 Å². The van der Waals surface area contributed by atoms with Gasteiger partial charge >= 0.3 is 0 Å². The molecule has 3 heterocycles. The van der Waals surface area contributed by atoms with Crippen LogP contribution in [0, 0.1) is 5.92 Å². The van der Waals surface area contributed by atoms with Crippen molar-refractivity contribution in [1.29, 1.82) is 0 Å². The molecule has 0 spiro atoms. The number of likely N-dealkylation sites (tertiary alicyclic amines) is 2. The van der Waals surface area contributed by atoms with Gasteiger partial charge in [-0.3, -0.25) is 9.69 Å². The maximum Gasteiger partial charge on any atom is 0.225 e. The topological polar surface area (TPSA) is 70.2 Å². The Bertz CT molecular complexity index is 766. The Kier molecular flexibility index (Phi) is 6.01. The fourth-order valence-electron chi connectivity index (χ4n) is 4.26. The number of carbonyl (C=O) groups excluding carboxylic acids is 1. The number of rotatable bonds is 5. The van der Waals surface area contributed by atoms with Crippen molar-refractivity contribution in [2.45, 2.75) is 24.6 Å². The molecule has 154 valence electrons. The third kappa shape index (κ3) is 4.25. The molecule has 3 fully saturated rings. The fourth-order valence-corrected chi connectivity index (χ4v) is 6.07. The van der Waals surface area contributed by atoms with Crippen LogP contribution in [0.1, 0.15) is 18.4 Å². The molecule has 0 aromatic heterocycles. The summed E-state index contributed by atoms with van der Waals surface area (Å²) in [7, 11) is -3.31. The first-order valence-corrected chi connectivity index (χ1v) is 11.7. The largest absolute Gasteiger partial charge is 0.379 e. The molecule has 0 bridgehead atoms. The summed E-state index contributed by atoms with van der Waals surface area (Å²) >= 11 is 0. The van der Waals surface area contributed by atoms with Gasteiger partial charge in [0.25, 0.3) is 0 Å². The predicted octanol–water partition coefficient (Wildman–Crippen LogP) is 0.771. The monoisotopic (exact) mass is 407 g/mol. The Morgan fingerprint density at radius 1 is 1.00 bits per heavy atom. The van der Waals surface area contributed by atoms with Crippen LogP contribution in [0.2, 0.25) is 0 Å². The second-order valence-corrected chi connectivity index (χ2v) is 10.2. The maximum absolute atomic E-state index is 12.8. The van der Waals surface area contributed by atoms with Crippen molar-refractivity contribution in [3.8, 4) is 0 Å². The third-order valence-corrected chi connectivity index (χ3v) is 8.32. The summed E-state index contributed by atoms with van der Waals surface area (Å²) in [5.74, 6) is 0.159. The summed E-state index contributed by atoms with van der Waals surface area (Å²) in [6.45, 7) is 5.17. The molecule has 1 aromatic carbocycles. The van der Waals surface area contributed by atoms with E-state index in [4.69, 9.17) is 4.74 Å². The Morgan fingerprint density at radius 3 is 2.29 bits per heavy atom. The second kappa shape index (κ2) is 8.49. The molecule has 0 N–H and O–H groups in total. The van der Waals surface area contributed by atoms with Crippen molar-refractivity contribution in [2.24, 2.45) is 5.92 Å². The number of hydrogen-bond donors (Lipinski definition) is 0. The molecule has 3 aliphatic rings. The normalized spacial score (nSPS) is 23.5. The van der Waals surface area contributed by atoms with Crippen molar-refractivity contribution in [1.82, 2.24) is 14.1 Å². The molecule has 3 saturated heterocycles. The van der Waals surface area contributed by atoms with Crippen LogP contribution in [0.25, 0.3) is 0 Å². The standard InChI is InChI=1S/C20H29N3O4S/c24-20(18-6-8-21(9-7-18)14-17-4-2-1-3-5-17)22-15-19(16-22)28(25,26)23-10-12-27-13-11-23/h1-5,18-19H,6-16H2. The van der Waals surface area contributed by atoms with Gasteiger partial charge < -0.3 is 9.64 Å². The number of carbonyl (C=O) groups is 1. The van der Waals surface area contributed by atoms with E-state index in [0.29, 0.717) is 39.4 Å². The zero-order valence-corrected chi connectivity index (χ0v) is 17.0. The van der Waals surface area contributed by atoms with E-state index in [-0.39, 0.29) is 11.8 Å². The molecule has 0 atom stereocenters. The number of piperidine rings is 1. The highest BCUT2D eigenvalue weighted by atomic mass is 32.2. The van der Waals surface area contributed by atoms with Gasteiger partial charge in [0.2, 0.25) is 15.9 Å². The van der Waals surface area contributed by atoms with Crippen molar-refractivity contribution in [2.75, 3.05) is 52.5 Å². The summed E-state index contributed by atoms with van der Waals surface area (Å²) in [5, 5.41) is -0.451. The van der Waals surface area contributed by atoms with Gasteiger partial charge in [0.15, 0.2) is 0 Å². The highest BCUT2D eigenvalue weighted by Crippen LogP contribution is 2.27. The Hall–Kier alpha value is -1.48. The highest BCUT2D eigenvalue weighted by Gasteiger charge is 2.44. The zero-order chi connectivity index (χ0) is 19.6. The average Bonchev–Trinajstić information content (AvgIpc) is 2.68. The fraction of sp³-hybridized carbons (Fsp3) is 0.650. The SMILES string of the molecule is O=C(C1CCN(Cc2ccccc2)CC1)N1CC(S(=O)(=O)N2CCOCC2)C1. The Labute approximate surface area is 167 Å². The lowest BCUT2D eigenvalue weighted by molar-refractivity contribution is -0.140. The molecular weight excluding hydrogens is 378 g/mol. The van der Waals surface area contributed by atoms with Gasteiger partial charge in [-0.05, 0) is 31.5 Å². The molecule has 7 nitrogen and oxygen atoms in total. The Morgan fingerprint density at radius 2 is 1.64 bits per heavy atom. The van der Waals surface area contributed by atoms with Gasteiger partial charge in [-0.1, -0.05) is 30.3 Å². The van der Waals surface area contributed by atoms with Gasteiger partial charge in [0.1, 0.15) is 5.25 Å². The molecule has 0 aliphatic carbocycles. The van der Waals surface area contributed by atoms with Crippen LogP contribution in [0.3, 0.4) is 0 Å². The third-order valence-electron chi connectivity index (χ3n) is 6.10. The molecule has 0 radical (unpaired) electrons. The minimum absolute atomic E-state index is 0.0269. The molecule has 4 rings (SSSR count). The van der Waals surface area contributed by atoms with E-state index in [1.807, 2.05) is 6.07 Å². The van der Waals surface area contributed by atoms with E-state index < -0.39 is 15.3 Å². The zero-order valence-electron chi connectivity index (χ0n) is 16.2. The van der Waals surface area contributed by atoms with Crippen LogP contribution in [0.15, 0.2) is 30.3 Å². The minimum Gasteiger partial charge on any atom is -0.379 e. The smallest absolute Gasteiger partial charge is 0.225 e. The van der Waals surface area contributed by atoms with Crippen LogP contribution in [0.5, 0.6) is 0 Å². The molecule has 0 unspecified atom stereocenters. The summed E-state index contributed by atoms with van der Waals surface area (Å²) in [6, 6.07) is 10.4. The minimum atomic E-state index is -3.31. The molecule has 3 aliphatic heterocycles. The van der Waals surface area contributed by atoms with E-state index in [2.05, 4.69) is 29.2 Å². The van der Waals surface area contributed by atoms with Crippen molar-refractivity contribution in [3.63, 3.8) is 0 Å². The van der Waals surface area contributed by atoms with Gasteiger partial charge in [0.05, 0.1) is 13.2 Å². The molecular formula is C20H29N3O4S. The number of amides is 1. The van der Waals surface area contributed by atoms with Crippen molar-refractivity contribution in [3.05, 3.63) is 35.9 Å². The highest BCUT2D eigenvalue weighted by molar-refractivity contribution is 7.89. The van der Waals surface area contributed by atoms with Crippen LogP contribution < -0.4 is 0 Å². The molecule has 1 amide bonds. The Balaban J connectivity index is 1.23.